The summed E-state index contributed by atoms with van der Waals surface area (Å²) in [6, 6.07) is 6.93. The second kappa shape index (κ2) is 6.90. The molecule has 28 heavy (non-hydrogen) atoms. The molecule has 0 spiro atoms. The molecule has 4 fully saturated rings. The Morgan fingerprint density at radius 1 is 1.11 bits per heavy atom. The lowest BCUT2D eigenvalue weighted by Crippen LogP contribution is -2.64. The van der Waals surface area contributed by atoms with Gasteiger partial charge in [-0.15, -0.1) is 0 Å². The number of nitrogens with one attached hydrogen (secondary N) is 1. The van der Waals surface area contributed by atoms with Crippen LogP contribution in [0.15, 0.2) is 24.3 Å². The zero-order chi connectivity index (χ0) is 19.9. The summed E-state index contributed by atoms with van der Waals surface area (Å²) in [5.41, 5.74) is -0.451. The van der Waals surface area contributed by atoms with Gasteiger partial charge >= 0.3 is 5.97 Å². The molecule has 0 aliphatic heterocycles. The Labute approximate surface area is 165 Å². The van der Waals surface area contributed by atoms with Crippen molar-refractivity contribution in [2.45, 2.75) is 51.0 Å². The molecule has 0 aromatic heterocycles. The van der Waals surface area contributed by atoms with Crippen molar-refractivity contribution in [1.82, 2.24) is 5.32 Å². The molecule has 1 amide bonds. The average Bonchev–Trinajstić information content (AvgIpc) is 2.63. The van der Waals surface area contributed by atoms with Gasteiger partial charge in [0.1, 0.15) is 5.75 Å². The van der Waals surface area contributed by atoms with Crippen LogP contribution in [0.4, 0.5) is 0 Å². The maximum absolute atomic E-state index is 13.1. The van der Waals surface area contributed by atoms with Crippen LogP contribution in [0.3, 0.4) is 0 Å². The molecule has 4 bridgehead atoms. The summed E-state index contributed by atoms with van der Waals surface area (Å²) in [5.74, 6) is 0.739. The first-order valence-electron chi connectivity index (χ1n) is 9.97. The molecule has 150 valence electrons. The Bertz CT molecular complexity index is 803. The predicted octanol–water partition coefficient (Wildman–Crippen LogP) is 2.90. The highest BCUT2D eigenvalue weighted by Gasteiger charge is 2.61. The van der Waals surface area contributed by atoms with Crippen molar-refractivity contribution in [2.24, 2.45) is 17.3 Å². The largest absolute Gasteiger partial charge is 0.496 e. The first-order valence-corrected chi connectivity index (χ1v) is 9.97. The van der Waals surface area contributed by atoms with Crippen LogP contribution in [0.25, 0.3) is 0 Å². The smallest absolute Gasteiger partial charge is 0.312 e. The van der Waals surface area contributed by atoms with Crippen molar-refractivity contribution in [3.8, 4) is 5.75 Å². The van der Waals surface area contributed by atoms with Gasteiger partial charge in [-0.2, -0.15) is 0 Å². The molecule has 6 heteroatoms. The van der Waals surface area contributed by atoms with Gasteiger partial charge in [-0.25, -0.2) is 0 Å². The molecule has 4 aliphatic carbocycles. The van der Waals surface area contributed by atoms with Gasteiger partial charge < -0.3 is 14.8 Å². The summed E-state index contributed by atoms with van der Waals surface area (Å²) < 4.78 is 10.8. The first kappa shape index (κ1) is 19.0. The predicted molar refractivity (Wildman–Crippen MR) is 102 cm³/mol. The Hall–Kier alpha value is -2.37. The standard InChI is InChI=1S/C22H27NO5/c1-14(24)23-22-10-15-7-16(11-22)9-21(8-15,13-22)20(26)28-12-18(25)17-5-3-4-6-19(17)27-2/h3-6,15-16H,7-13H2,1-2H3,(H,23,24). The van der Waals surface area contributed by atoms with Crippen LogP contribution in [0.1, 0.15) is 55.8 Å². The topological polar surface area (TPSA) is 81.7 Å². The van der Waals surface area contributed by atoms with Crippen molar-refractivity contribution >= 4 is 17.7 Å². The van der Waals surface area contributed by atoms with Crippen molar-refractivity contribution in [2.75, 3.05) is 13.7 Å². The van der Waals surface area contributed by atoms with Gasteiger partial charge in [0.2, 0.25) is 11.7 Å². The first-order chi connectivity index (χ1) is 13.3. The molecule has 0 saturated heterocycles. The van der Waals surface area contributed by atoms with Crippen LogP contribution < -0.4 is 10.1 Å². The molecule has 4 aliphatic rings. The van der Waals surface area contributed by atoms with E-state index in [-0.39, 0.29) is 29.8 Å². The Morgan fingerprint density at radius 3 is 2.43 bits per heavy atom. The Kier molecular flexibility index (Phi) is 4.68. The molecule has 2 unspecified atom stereocenters. The molecule has 6 nitrogen and oxygen atoms in total. The molecule has 0 heterocycles. The van der Waals surface area contributed by atoms with E-state index in [4.69, 9.17) is 9.47 Å². The van der Waals surface area contributed by atoms with Crippen molar-refractivity contribution in [3.05, 3.63) is 29.8 Å². The summed E-state index contributed by atoms with van der Waals surface area (Å²) >= 11 is 0. The third kappa shape index (κ3) is 3.29. The van der Waals surface area contributed by atoms with E-state index in [2.05, 4.69) is 5.32 Å². The van der Waals surface area contributed by atoms with E-state index in [9.17, 15) is 14.4 Å². The summed E-state index contributed by atoms with van der Waals surface area (Å²) in [6.45, 7) is 1.25. The van der Waals surface area contributed by atoms with Crippen molar-refractivity contribution < 1.29 is 23.9 Å². The molecule has 1 N–H and O–H groups in total. The molecule has 2 atom stereocenters. The Morgan fingerprint density at radius 2 is 1.79 bits per heavy atom. The third-order valence-electron chi connectivity index (χ3n) is 6.68. The summed E-state index contributed by atoms with van der Waals surface area (Å²) in [4.78, 5) is 37.4. The zero-order valence-corrected chi connectivity index (χ0v) is 16.5. The molecule has 0 radical (unpaired) electrons. The van der Waals surface area contributed by atoms with Crippen LogP contribution >= 0.6 is 0 Å². The number of ketones is 1. The fourth-order valence-electron chi connectivity index (χ4n) is 6.26. The monoisotopic (exact) mass is 385 g/mol. The molecule has 4 saturated carbocycles. The molecule has 1 aromatic carbocycles. The number of Topliss-reactive ketones (excluding diaryl/α,β-unsaturated/α-hetero) is 1. The lowest BCUT2D eigenvalue weighted by Gasteiger charge is -2.60. The van der Waals surface area contributed by atoms with E-state index in [0.29, 0.717) is 29.6 Å². The number of amides is 1. The van der Waals surface area contributed by atoms with E-state index in [0.717, 1.165) is 32.1 Å². The third-order valence-corrected chi connectivity index (χ3v) is 6.68. The Balaban J connectivity index is 1.47. The minimum absolute atomic E-state index is 0.0446. The second-order valence-corrected chi connectivity index (χ2v) is 8.90. The van der Waals surface area contributed by atoms with E-state index in [1.807, 2.05) is 0 Å². The maximum Gasteiger partial charge on any atom is 0.312 e. The number of carbonyl (C=O) groups is 3. The van der Waals surface area contributed by atoms with E-state index >= 15 is 0 Å². The SMILES string of the molecule is COc1ccccc1C(=O)COC(=O)C12CC3CC(CC(NC(C)=O)(C3)C1)C2. The van der Waals surface area contributed by atoms with Gasteiger partial charge in [-0.05, 0) is 62.5 Å². The number of benzene rings is 1. The number of esters is 1. The summed E-state index contributed by atoms with van der Waals surface area (Å²) in [6.07, 6.45) is 5.22. The quantitative estimate of drug-likeness (QED) is 0.601. The number of methoxy groups -OCH3 is 1. The average molecular weight is 385 g/mol. The highest BCUT2D eigenvalue weighted by atomic mass is 16.5. The van der Waals surface area contributed by atoms with Crippen LogP contribution in [-0.4, -0.2) is 36.9 Å². The number of para-hydroxylation sites is 1. The maximum atomic E-state index is 13.1. The van der Waals surface area contributed by atoms with Crippen LogP contribution in [0.2, 0.25) is 0 Å². The summed E-state index contributed by atoms with van der Waals surface area (Å²) in [5, 5.41) is 3.14. The van der Waals surface area contributed by atoms with E-state index in [1.54, 1.807) is 24.3 Å². The zero-order valence-electron chi connectivity index (χ0n) is 16.5. The van der Waals surface area contributed by atoms with Gasteiger partial charge in [0.25, 0.3) is 0 Å². The van der Waals surface area contributed by atoms with Gasteiger partial charge in [0.05, 0.1) is 18.1 Å². The highest BCUT2D eigenvalue weighted by molar-refractivity contribution is 6.00. The van der Waals surface area contributed by atoms with Crippen LogP contribution in [0.5, 0.6) is 5.75 Å². The second-order valence-electron chi connectivity index (χ2n) is 8.90. The van der Waals surface area contributed by atoms with Gasteiger partial charge in [0.15, 0.2) is 6.61 Å². The highest BCUT2D eigenvalue weighted by Crippen LogP contribution is 2.62. The number of ether oxygens (including phenoxy) is 2. The molecule has 1 aromatic rings. The van der Waals surface area contributed by atoms with E-state index in [1.165, 1.54) is 14.0 Å². The van der Waals surface area contributed by atoms with Crippen molar-refractivity contribution in [1.29, 1.82) is 0 Å². The van der Waals surface area contributed by atoms with Crippen molar-refractivity contribution in [3.63, 3.8) is 0 Å². The normalized spacial score (nSPS) is 32.6. The van der Waals surface area contributed by atoms with Crippen LogP contribution in [-0.2, 0) is 14.3 Å². The number of rotatable bonds is 6. The lowest BCUT2D eigenvalue weighted by atomic mass is 9.47. The number of hydrogen-bond acceptors (Lipinski definition) is 5. The minimum atomic E-state index is -0.576. The molecule has 5 rings (SSSR count). The lowest BCUT2D eigenvalue weighted by molar-refractivity contribution is -0.174. The molecular formula is C22H27NO5. The number of hydrogen-bond donors (Lipinski definition) is 1. The van der Waals surface area contributed by atoms with Gasteiger partial charge in [0, 0.05) is 12.5 Å². The van der Waals surface area contributed by atoms with Crippen LogP contribution in [0, 0.1) is 17.3 Å². The minimum Gasteiger partial charge on any atom is -0.496 e. The fraction of sp³-hybridized carbons (Fsp3) is 0.591. The number of carbonyl (C=O) groups excluding carboxylic acids is 3. The van der Waals surface area contributed by atoms with Gasteiger partial charge in [-0.1, -0.05) is 12.1 Å². The molecular weight excluding hydrogens is 358 g/mol. The summed E-state index contributed by atoms with van der Waals surface area (Å²) in [7, 11) is 1.51. The fourth-order valence-corrected chi connectivity index (χ4v) is 6.26. The van der Waals surface area contributed by atoms with E-state index < -0.39 is 5.41 Å². The van der Waals surface area contributed by atoms with Gasteiger partial charge in [-0.3, -0.25) is 14.4 Å².